The fraction of sp³-hybridized carbons (Fsp3) is 0.381. The quantitative estimate of drug-likeness (QED) is 0.354. The van der Waals surface area contributed by atoms with Gasteiger partial charge in [0, 0.05) is 25.6 Å². The van der Waals surface area contributed by atoms with Crippen LogP contribution in [-0.2, 0) is 9.84 Å². The lowest BCUT2D eigenvalue weighted by atomic mass is 9.88. The summed E-state index contributed by atoms with van der Waals surface area (Å²) in [6.45, 7) is 0.744. The highest BCUT2D eigenvalue weighted by atomic mass is 127. The molecule has 2 N–H and O–H groups in total. The van der Waals surface area contributed by atoms with Gasteiger partial charge in [-0.2, -0.15) is 0 Å². The Bertz CT molecular complexity index is 818. The molecule has 0 aliphatic carbocycles. The van der Waals surface area contributed by atoms with Crippen molar-refractivity contribution in [2.45, 2.75) is 24.8 Å². The zero-order valence-electron chi connectivity index (χ0n) is 16.0. The van der Waals surface area contributed by atoms with Gasteiger partial charge in [0.05, 0.1) is 11.5 Å². The molecule has 0 bridgehead atoms. The van der Waals surface area contributed by atoms with Crippen LogP contribution in [-0.4, -0.2) is 45.5 Å². The zero-order valence-corrected chi connectivity index (χ0v) is 19.2. The smallest absolute Gasteiger partial charge is 0.191 e. The fourth-order valence-corrected chi connectivity index (χ4v) is 5.20. The molecular formula is C21H28IN3O2S. The fourth-order valence-electron chi connectivity index (χ4n) is 3.53. The van der Waals surface area contributed by atoms with E-state index < -0.39 is 9.84 Å². The van der Waals surface area contributed by atoms with E-state index in [0.717, 1.165) is 13.0 Å². The highest BCUT2D eigenvalue weighted by Gasteiger charge is 2.28. The van der Waals surface area contributed by atoms with Crippen LogP contribution in [0.1, 0.15) is 29.9 Å². The second-order valence-electron chi connectivity index (χ2n) is 6.91. The van der Waals surface area contributed by atoms with Crippen LogP contribution < -0.4 is 10.6 Å². The van der Waals surface area contributed by atoms with Gasteiger partial charge in [-0.05, 0) is 24.0 Å². The van der Waals surface area contributed by atoms with E-state index in [9.17, 15) is 8.42 Å². The molecule has 1 aliphatic heterocycles. The van der Waals surface area contributed by atoms with E-state index in [0.29, 0.717) is 18.3 Å². The Hall–Kier alpha value is -1.61. The van der Waals surface area contributed by atoms with E-state index in [4.69, 9.17) is 0 Å². The molecule has 0 saturated carbocycles. The van der Waals surface area contributed by atoms with Crippen LogP contribution in [0.25, 0.3) is 0 Å². The second kappa shape index (κ2) is 10.8. The number of hydrogen-bond acceptors (Lipinski definition) is 3. The first-order chi connectivity index (χ1) is 13.1. The van der Waals surface area contributed by atoms with Crippen LogP contribution in [0.3, 0.4) is 0 Å². The van der Waals surface area contributed by atoms with Crippen LogP contribution in [0.15, 0.2) is 65.7 Å². The maximum atomic E-state index is 11.6. The number of rotatable bonds is 6. The van der Waals surface area contributed by atoms with Gasteiger partial charge < -0.3 is 10.6 Å². The summed E-state index contributed by atoms with van der Waals surface area (Å²) in [5, 5.41) is 6.57. The molecule has 1 saturated heterocycles. The number of aliphatic imine (C=N–C) groups is 1. The Balaban J connectivity index is 0.00000280. The molecule has 1 atom stereocenters. The Morgan fingerprint density at radius 1 is 1.07 bits per heavy atom. The normalized spacial score (nSPS) is 18.5. The predicted octanol–water partition coefficient (Wildman–Crippen LogP) is 3.18. The van der Waals surface area contributed by atoms with Crippen LogP contribution in [0.2, 0.25) is 0 Å². The number of hydrogen-bond donors (Lipinski definition) is 2. The molecular weight excluding hydrogens is 485 g/mol. The van der Waals surface area contributed by atoms with Crippen molar-refractivity contribution in [2.24, 2.45) is 4.99 Å². The van der Waals surface area contributed by atoms with E-state index in [-0.39, 0.29) is 41.5 Å². The van der Waals surface area contributed by atoms with E-state index in [2.05, 4.69) is 64.2 Å². The summed E-state index contributed by atoms with van der Waals surface area (Å²) in [5.74, 6) is 1.40. The van der Waals surface area contributed by atoms with Crippen LogP contribution in [0.5, 0.6) is 0 Å². The van der Waals surface area contributed by atoms with Gasteiger partial charge in [0.25, 0.3) is 0 Å². The van der Waals surface area contributed by atoms with Gasteiger partial charge in [-0.25, -0.2) is 8.42 Å². The Kier molecular flexibility index (Phi) is 8.75. The molecule has 0 radical (unpaired) electrons. The number of nitrogens with zero attached hydrogens (tertiary/aromatic N) is 1. The first-order valence-corrected chi connectivity index (χ1v) is 11.2. The molecule has 1 aliphatic rings. The molecule has 1 unspecified atom stereocenters. The minimum atomic E-state index is -2.90. The lowest BCUT2D eigenvalue weighted by Gasteiger charge is -2.20. The third-order valence-corrected chi connectivity index (χ3v) is 6.69. The van der Waals surface area contributed by atoms with Gasteiger partial charge in [0.2, 0.25) is 0 Å². The number of nitrogens with one attached hydrogen (secondary N) is 2. The van der Waals surface area contributed by atoms with Crippen molar-refractivity contribution >= 4 is 39.8 Å². The lowest BCUT2D eigenvalue weighted by molar-refractivity contribution is 0.599. The highest BCUT2D eigenvalue weighted by Crippen LogP contribution is 2.27. The largest absolute Gasteiger partial charge is 0.356 e. The third kappa shape index (κ3) is 6.48. The van der Waals surface area contributed by atoms with Crippen LogP contribution in [0.4, 0.5) is 0 Å². The van der Waals surface area contributed by atoms with E-state index in [1.54, 1.807) is 7.05 Å². The van der Waals surface area contributed by atoms with Gasteiger partial charge >= 0.3 is 0 Å². The molecule has 28 heavy (non-hydrogen) atoms. The van der Waals surface area contributed by atoms with Crippen LogP contribution >= 0.6 is 24.0 Å². The minimum absolute atomic E-state index is 0. The predicted molar refractivity (Wildman–Crippen MR) is 126 cm³/mol. The SMILES string of the molecule is CN=C(NCCC(c1ccccc1)c1ccccc1)NC1CCS(=O)(=O)C1.I. The Morgan fingerprint density at radius 2 is 1.64 bits per heavy atom. The summed E-state index contributed by atoms with van der Waals surface area (Å²) in [5.41, 5.74) is 2.57. The molecule has 5 nitrogen and oxygen atoms in total. The van der Waals surface area contributed by atoms with Gasteiger partial charge in [-0.15, -0.1) is 24.0 Å². The molecule has 0 aromatic heterocycles. The number of guanidine groups is 1. The molecule has 1 fully saturated rings. The van der Waals surface area contributed by atoms with Gasteiger partial charge in [0.15, 0.2) is 15.8 Å². The molecule has 1 heterocycles. The second-order valence-corrected chi connectivity index (χ2v) is 9.13. The summed E-state index contributed by atoms with van der Waals surface area (Å²) in [6, 6.07) is 20.9. The standard InChI is InChI=1S/C21H27N3O2S.HI/c1-22-21(24-19-13-15-27(25,26)16-19)23-14-12-20(17-8-4-2-5-9-17)18-10-6-3-7-11-18;/h2-11,19-20H,12-16H2,1H3,(H2,22,23,24);1H. The number of halogens is 1. The van der Waals surface area contributed by atoms with Crippen molar-refractivity contribution in [1.29, 1.82) is 0 Å². The Labute approximate surface area is 185 Å². The van der Waals surface area contributed by atoms with Crippen molar-refractivity contribution in [1.82, 2.24) is 10.6 Å². The minimum Gasteiger partial charge on any atom is -0.356 e. The van der Waals surface area contributed by atoms with Crippen molar-refractivity contribution in [3.63, 3.8) is 0 Å². The van der Waals surface area contributed by atoms with Crippen molar-refractivity contribution < 1.29 is 8.42 Å². The van der Waals surface area contributed by atoms with Crippen molar-refractivity contribution in [2.75, 3.05) is 25.1 Å². The van der Waals surface area contributed by atoms with Gasteiger partial charge in [0.1, 0.15) is 0 Å². The van der Waals surface area contributed by atoms with Gasteiger partial charge in [-0.1, -0.05) is 60.7 Å². The summed E-state index contributed by atoms with van der Waals surface area (Å²) >= 11 is 0. The first kappa shape index (κ1) is 22.7. The van der Waals surface area contributed by atoms with Crippen molar-refractivity contribution in [3.05, 3.63) is 71.8 Å². The summed E-state index contributed by atoms with van der Waals surface area (Å²) in [4.78, 5) is 4.24. The van der Waals surface area contributed by atoms with E-state index in [1.165, 1.54) is 11.1 Å². The zero-order chi connectivity index (χ0) is 19.1. The molecule has 2 aromatic rings. The molecule has 0 amide bonds. The van der Waals surface area contributed by atoms with Gasteiger partial charge in [-0.3, -0.25) is 4.99 Å². The Morgan fingerprint density at radius 3 is 2.11 bits per heavy atom. The molecule has 7 heteroatoms. The highest BCUT2D eigenvalue weighted by molar-refractivity contribution is 14.0. The first-order valence-electron chi connectivity index (χ1n) is 9.35. The van der Waals surface area contributed by atoms with Crippen molar-refractivity contribution in [3.8, 4) is 0 Å². The average molecular weight is 513 g/mol. The number of sulfone groups is 1. The maximum Gasteiger partial charge on any atom is 0.191 e. The third-order valence-electron chi connectivity index (χ3n) is 4.93. The monoisotopic (exact) mass is 513 g/mol. The molecule has 2 aromatic carbocycles. The maximum absolute atomic E-state index is 11.6. The summed E-state index contributed by atoms with van der Waals surface area (Å²) in [7, 11) is -1.19. The molecule has 3 rings (SSSR count). The molecule has 152 valence electrons. The average Bonchev–Trinajstić information content (AvgIpc) is 3.04. The van der Waals surface area contributed by atoms with E-state index >= 15 is 0 Å². The van der Waals surface area contributed by atoms with Crippen LogP contribution in [0, 0.1) is 0 Å². The summed E-state index contributed by atoms with van der Waals surface area (Å²) < 4.78 is 23.3. The topological polar surface area (TPSA) is 70.6 Å². The summed E-state index contributed by atoms with van der Waals surface area (Å²) in [6.07, 6.45) is 1.55. The van der Waals surface area contributed by atoms with E-state index in [1.807, 2.05) is 12.1 Å². The molecule has 0 spiro atoms. The number of benzene rings is 2. The lowest BCUT2D eigenvalue weighted by Crippen LogP contribution is -2.44.